The minimum atomic E-state index is -0.0975. The van der Waals surface area contributed by atoms with Crippen LogP contribution < -0.4 is 15.1 Å². The van der Waals surface area contributed by atoms with Crippen molar-refractivity contribution in [1.29, 1.82) is 0 Å². The maximum Gasteiger partial charge on any atom is 0.246 e. The summed E-state index contributed by atoms with van der Waals surface area (Å²) >= 11 is 6.45. The average Bonchev–Trinajstić information content (AvgIpc) is 3.33. The second-order valence-electron chi connectivity index (χ2n) is 7.79. The number of pyridine rings is 1. The average molecular weight is 478 g/mol. The molecule has 1 atom stereocenters. The number of aromatic nitrogens is 1. The zero-order valence-corrected chi connectivity index (χ0v) is 19.2. The van der Waals surface area contributed by atoms with Crippen molar-refractivity contribution in [2.45, 2.75) is 19.1 Å². The third-order valence-corrected chi connectivity index (χ3v) is 5.84. The van der Waals surface area contributed by atoms with Crippen LogP contribution in [0.25, 0.3) is 0 Å². The Balaban J connectivity index is 1.50. The van der Waals surface area contributed by atoms with Gasteiger partial charge in [-0.1, -0.05) is 48.5 Å². The van der Waals surface area contributed by atoms with E-state index in [-0.39, 0.29) is 11.9 Å². The van der Waals surface area contributed by atoms with E-state index in [1.165, 1.54) is 11.1 Å². The number of nitroso groups, excluding NO2 is 1. The minimum absolute atomic E-state index is 0.0240. The molecule has 0 radical (unpaired) electrons. The number of halogens is 1. The predicted octanol–water partition coefficient (Wildman–Crippen LogP) is 5.33. The molecule has 1 unspecified atom stereocenters. The van der Waals surface area contributed by atoms with E-state index in [1.54, 1.807) is 41.6 Å². The summed E-state index contributed by atoms with van der Waals surface area (Å²) in [6.07, 6.45) is 5.27. The van der Waals surface area contributed by atoms with E-state index >= 15 is 0 Å². The van der Waals surface area contributed by atoms with Gasteiger partial charge in [-0.2, -0.15) is 5.01 Å². The largest absolute Gasteiger partial charge is 0.487 e. The highest BCUT2D eigenvalue weighted by molar-refractivity contribution is 6.32. The van der Waals surface area contributed by atoms with Crippen molar-refractivity contribution in [3.8, 4) is 5.75 Å². The van der Waals surface area contributed by atoms with Crippen LogP contribution in [0, 0.1) is 4.91 Å². The van der Waals surface area contributed by atoms with Crippen LogP contribution in [0.15, 0.2) is 84.9 Å². The number of amides is 1. The summed E-state index contributed by atoms with van der Waals surface area (Å²) in [4.78, 5) is 29.6. The SMILES string of the molecule is C=CC(=O)N1CCC(Nc2ccncc2N(N=O)c2ccc(OCc3ccccc3)c(Cl)c2)C1. The van der Waals surface area contributed by atoms with E-state index in [9.17, 15) is 9.70 Å². The molecular formula is C25H24ClN5O3. The topological polar surface area (TPSA) is 87.1 Å². The molecule has 1 amide bonds. The molecule has 0 saturated carbocycles. The van der Waals surface area contributed by atoms with E-state index in [2.05, 4.69) is 22.2 Å². The number of nitrogens with one attached hydrogen (secondary N) is 1. The van der Waals surface area contributed by atoms with E-state index in [0.717, 1.165) is 12.0 Å². The molecule has 2 heterocycles. The molecule has 1 N–H and O–H groups in total. The number of rotatable bonds is 9. The molecule has 0 spiro atoms. The molecule has 34 heavy (non-hydrogen) atoms. The Morgan fingerprint density at radius 3 is 2.85 bits per heavy atom. The van der Waals surface area contributed by atoms with Gasteiger partial charge in [0, 0.05) is 25.3 Å². The quantitative estimate of drug-likeness (QED) is 0.254. The molecule has 9 heteroatoms. The van der Waals surface area contributed by atoms with Gasteiger partial charge in [-0.15, -0.1) is 4.91 Å². The first-order valence-corrected chi connectivity index (χ1v) is 11.2. The van der Waals surface area contributed by atoms with Crippen molar-refractivity contribution in [2.75, 3.05) is 23.4 Å². The number of ether oxygens (including phenoxy) is 1. The number of hydrogen-bond acceptors (Lipinski definition) is 6. The van der Waals surface area contributed by atoms with Gasteiger partial charge >= 0.3 is 0 Å². The second kappa shape index (κ2) is 10.8. The first-order valence-electron chi connectivity index (χ1n) is 10.8. The Bertz CT molecular complexity index is 1170. The maximum absolute atomic E-state index is 11.9. The Kier molecular flexibility index (Phi) is 7.39. The lowest BCUT2D eigenvalue weighted by Crippen LogP contribution is -2.30. The summed E-state index contributed by atoms with van der Waals surface area (Å²) in [6, 6.07) is 16.6. The zero-order valence-electron chi connectivity index (χ0n) is 18.4. The standard InChI is InChI=1S/C25H24ClN5O3/c1-2-25(32)30-13-11-19(16-30)28-22-10-12-27-15-23(22)31(29-33)20-8-9-24(21(26)14-20)34-17-18-6-4-3-5-7-18/h2-10,12,14-15,19H,1,11,13,16-17H2,(H,27,28). The first-order chi connectivity index (χ1) is 16.6. The highest BCUT2D eigenvalue weighted by Crippen LogP contribution is 2.36. The van der Waals surface area contributed by atoms with Crippen LogP contribution in [-0.4, -0.2) is 34.9 Å². The van der Waals surface area contributed by atoms with Crippen molar-refractivity contribution >= 4 is 34.6 Å². The number of carbonyl (C=O) groups is 1. The van der Waals surface area contributed by atoms with Crippen LogP contribution in [0.1, 0.15) is 12.0 Å². The van der Waals surface area contributed by atoms with Crippen LogP contribution in [0.5, 0.6) is 5.75 Å². The summed E-state index contributed by atoms with van der Waals surface area (Å²) in [7, 11) is 0. The molecule has 2 aromatic carbocycles. The number of carbonyl (C=O) groups excluding carboxylic acids is 1. The number of nitrogens with zero attached hydrogens (tertiary/aromatic N) is 4. The number of hydrogen-bond donors (Lipinski definition) is 1. The van der Waals surface area contributed by atoms with Crippen molar-refractivity contribution in [3.05, 3.63) is 95.1 Å². The molecular weight excluding hydrogens is 454 g/mol. The summed E-state index contributed by atoms with van der Waals surface area (Å²) in [5.41, 5.74) is 2.64. The van der Waals surface area contributed by atoms with E-state index in [4.69, 9.17) is 16.3 Å². The first kappa shape index (κ1) is 23.3. The van der Waals surface area contributed by atoms with Crippen LogP contribution in [-0.2, 0) is 11.4 Å². The molecule has 174 valence electrons. The normalized spacial score (nSPS) is 15.0. The van der Waals surface area contributed by atoms with Gasteiger partial charge in [0.2, 0.25) is 5.91 Å². The molecule has 1 fully saturated rings. The monoisotopic (exact) mass is 477 g/mol. The van der Waals surface area contributed by atoms with Crippen LogP contribution >= 0.6 is 11.6 Å². The Morgan fingerprint density at radius 1 is 1.29 bits per heavy atom. The van der Waals surface area contributed by atoms with E-state index < -0.39 is 0 Å². The van der Waals surface area contributed by atoms with E-state index in [1.807, 2.05) is 30.3 Å². The molecule has 4 rings (SSSR count). The lowest BCUT2D eigenvalue weighted by molar-refractivity contribution is -0.125. The summed E-state index contributed by atoms with van der Waals surface area (Å²) in [5, 5.41) is 8.19. The van der Waals surface area contributed by atoms with Gasteiger partial charge in [-0.05, 0) is 42.3 Å². The highest BCUT2D eigenvalue weighted by Gasteiger charge is 2.26. The van der Waals surface area contributed by atoms with E-state index in [0.29, 0.717) is 47.5 Å². The van der Waals surface area contributed by atoms with Gasteiger partial charge in [0.25, 0.3) is 0 Å². The van der Waals surface area contributed by atoms with Crippen molar-refractivity contribution in [1.82, 2.24) is 9.88 Å². The zero-order chi connectivity index (χ0) is 23.9. The molecule has 1 aliphatic heterocycles. The Morgan fingerprint density at radius 2 is 2.12 bits per heavy atom. The number of anilines is 3. The van der Waals surface area contributed by atoms with Crippen LogP contribution in [0.4, 0.5) is 17.1 Å². The van der Waals surface area contributed by atoms with Crippen molar-refractivity contribution < 1.29 is 9.53 Å². The lowest BCUT2D eigenvalue weighted by atomic mass is 10.2. The van der Waals surface area contributed by atoms with Gasteiger partial charge in [0.05, 0.1) is 27.9 Å². The molecule has 0 aliphatic carbocycles. The molecule has 0 bridgehead atoms. The number of likely N-dealkylation sites (tertiary alicyclic amines) is 1. The third kappa shape index (κ3) is 5.35. The van der Waals surface area contributed by atoms with Gasteiger partial charge in [-0.25, -0.2) is 0 Å². The number of benzene rings is 2. The summed E-state index contributed by atoms with van der Waals surface area (Å²) in [6.45, 7) is 5.10. The molecule has 3 aromatic rings. The molecule has 1 aliphatic rings. The highest BCUT2D eigenvalue weighted by atomic mass is 35.5. The van der Waals surface area contributed by atoms with Crippen molar-refractivity contribution in [3.63, 3.8) is 0 Å². The third-order valence-electron chi connectivity index (χ3n) is 5.54. The maximum atomic E-state index is 11.9. The minimum Gasteiger partial charge on any atom is -0.487 e. The van der Waals surface area contributed by atoms with Crippen LogP contribution in [0.2, 0.25) is 5.02 Å². The lowest BCUT2D eigenvalue weighted by Gasteiger charge is -2.22. The molecule has 8 nitrogen and oxygen atoms in total. The molecule has 1 aromatic heterocycles. The fourth-order valence-corrected chi connectivity index (χ4v) is 4.04. The predicted molar refractivity (Wildman–Crippen MR) is 133 cm³/mol. The fourth-order valence-electron chi connectivity index (χ4n) is 3.81. The van der Waals surface area contributed by atoms with Gasteiger partial charge < -0.3 is 15.0 Å². The van der Waals surface area contributed by atoms with Gasteiger partial charge in [0.1, 0.15) is 18.0 Å². The summed E-state index contributed by atoms with van der Waals surface area (Å²) in [5.74, 6) is 0.405. The second-order valence-corrected chi connectivity index (χ2v) is 8.20. The molecule has 1 saturated heterocycles. The van der Waals surface area contributed by atoms with Crippen molar-refractivity contribution in [2.24, 2.45) is 5.29 Å². The van der Waals surface area contributed by atoms with Crippen LogP contribution in [0.3, 0.4) is 0 Å². The fraction of sp³-hybridized carbons (Fsp3) is 0.200. The Hall–Kier alpha value is -3.91. The Labute approximate surface area is 202 Å². The van der Waals surface area contributed by atoms with Gasteiger partial charge in [-0.3, -0.25) is 9.78 Å². The summed E-state index contributed by atoms with van der Waals surface area (Å²) < 4.78 is 5.82. The smallest absolute Gasteiger partial charge is 0.246 e. The van der Waals surface area contributed by atoms with Gasteiger partial charge in [0.15, 0.2) is 0 Å².